The number of nitrogens with one attached hydrogen (secondary N) is 1. The number of rotatable bonds is 6. The van der Waals surface area contributed by atoms with Crippen molar-refractivity contribution < 1.29 is 19.2 Å². The molecule has 1 N–H and O–H groups in total. The predicted molar refractivity (Wildman–Crippen MR) is 111 cm³/mol. The molecule has 0 aliphatic carbocycles. The minimum Gasteiger partial charge on any atom is -0.422 e. The fourth-order valence-corrected chi connectivity index (χ4v) is 2.69. The molecular formula is C20H13BrN4O5. The lowest BCUT2D eigenvalue weighted by atomic mass is 10.2. The number of nitrogens with zero attached hydrogens (tertiary/aromatic N) is 3. The minimum absolute atomic E-state index is 0.132. The number of non-ortho nitro benzene ring substituents is 1. The standard InChI is InChI=1S/C20H13BrN4O5/c21-16-5-8-18(30-20(27)13-3-6-17(7-4-13)25(28)29)15(10-16)12-23-24-19(26)14-2-1-9-22-11-14/h1-12H,(H,24,26). The molecule has 1 amide bonds. The molecule has 0 atom stereocenters. The first-order valence-electron chi connectivity index (χ1n) is 8.43. The molecular weight excluding hydrogens is 456 g/mol. The lowest BCUT2D eigenvalue weighted by Gasteiger charge is -2.08. The number of nitro groups is 1. The van der Waals surface area contributed by atoms with Crippen molar-refractivity contribution in [1.82, 2.24) is 10.4 Å². The summed E-state index contributed by atoms with van der Waals surface area (Å²) in [6.07, 6.45) is 4.28. The number of halogens is 1. The Morgan fingerprint density at radius 3 is 2.57 bits per heavy atom. The van der Waals surface area contributed by atoms with E-state index in [0.29, 0.717) is 15.6 Å². The van der Waals surface area contributed by atoms with Crippen LogP contribution in [0.25, 0.3) is 0 Å². The van der Waals surface area contributed by atoms with Crippen LogP contribution in [0.15, 0.2) is 76.6 Å². The van der Waals surface area contributed by atoms with Gasteiger partial charge in [0.1, 0.15) is 5.75 Å². The summed E-state index contributed by atoms with van der Waals surface area (Å²) in [5.74, 6) is -0.944. The fourth-order valence-electron chi connectivity index (χ4n) is 2.31. The van der Waals surface area contributed by atoms with Crippen LogP contribution in [-0.4, -0.2) is 28.0 Å². The Morgan fingerprint density at radius 2 is 1.90 bits per heavy atom. The van der Waals surface area contributed by atoms with Crippen LogP contribution in [0.4, 0.5) is 5.69 Å². The number of ether oxygens (including phenoxy) is 1. The minimum atomic E-state index is -0.693. The van der Waals surface area contributed by atoms with E-state index in [1.54, 1.807) is 36.5 Å². The molecule has 0 bridgehead atoms. The number of hydrogen-bond donors (Lipinski definition) is 1. The monoisotopic (exact) mass is 468 g/mol. The van der Waals surface area contributed by atoms with E-state index < -0.39 is 16.8 Å². The maximum absolute atomic E-state index is 12.4. The van der Waals surface area contributed by atoms with Crippen molar-refractivity contribution in [2.75, 3.05) is 0 Å². The van der Waals surface area contributed by atoms with Crippen LogP contribution in [-0.2, 0) is 0 Å². The molecule has 0 saturated carbocycles. The zero-order chi connectivity index (χ0) is 21.5. The summed E-state index contributed by atoms with van der Waals surface area (Å²) in [4.78, 5) is 38.4. The van der Waals surface area contributed by atoms with E-state index in [1.165, 1.54) is 36.7 Å². The van der Waals surface area contributed by atoms with E-state index in [1.807, 2.05) is 0 Å². The number of esters is 1. The Balaban J connectivity index is 1.73. The first kappa shape index (κ1) is 20.8. The van der Waals surface area contributed by atoms with Crippen molar-refractivity contribution in [3.8, 4) is 5.75 Å². The fraction of sp³-hybridized carbons (Fsp3) is 0. The first-order chi connectivity index (χ1) is 14.4. The van der Waals surface area contributed by atoms with Gasteiger partial charge in [0.25, 0.3) is 11.6 Å². The van der Waals surface area contributed by atoms with Crippen LogP contribution in [0.3, 0.4) is 0 Å². The van der Waals surface area contributed by atoms with Crippen LogP contribution in [0.1, 0.15) is 26.3 Å². The summed E-state index contributed by atoms with van der Waals surface area (Å²) in [5.41, 5.74) is 3.15. The van der Waals surface area contributed by atoms with Gasteiger partial charge in [0.05, 0.1) is 22.3 Å². The molecule has 0 aliphatic rings. The quantitative estimate of drug-likeness (QED) is 0.193. The Labute approximate surface area is 178 Å². The Morgan fingerprint density at radius 1 is 1.13 bits per heavy atom. The number of benzene rings is 2. The van der Waals surface area contributed by atoms with E-state index >= 15 is 0 Å². The Bertz CT molecular complexity index is 1120. The summed E-state index contributed by atoms with van der Waals surface area (Å²) in [6, 6.07) is 13.1. The van der Waals surface area contributed by atoms with Crippen molar-refractivity contribution in [2.45, 2.75) is 0 Å². The van der Waals surface area contributed by atoms with Gasteiger partial charge < -0.3 is 4.74 Å². The molecule has 150 valence electrons. The van der Waals surface area contributed by atoms with Gasteiger partial charge in [-0.05, 0) is 42.5 Å². The second kappa shape index (κ2) is 9.52. The lowest BCUT2D eigenvalue weighted by molar-refractivity contribution is -0.384. The van der Waals surface area contributed by atoms with Gasteiger partial charge in [0.15, 0.2) is 0 Å². The van der Waals surface area contributed by atoms with E-state index in [9.17, 15) is 19.7 Å². The lowest BCUT2D eigenvalue weighted by Crippen LogP contribution is -2.17. The maximum atomic E-state index is 12.4. The number of carbonyl (C=O) groups excluding carboxylic acids is 2. The number of hydrazone groups is 1. The van der Waals surface area contributed by atoms with Crippen molar-refractivity contribution in [2.24, 2.45) is 5.10 Å². The van der Waals surface area contributed by atoms with Crippen molar-refractivity contribution in [3.63, 3.8) is 0 Å². The van der Waals surface area contributed by atoms with E-state index in [0.717, 1.165) is 0 Å². The highest BCUT2D eigenvalue weighted by atomic mass is 79.9. The van der Waals surface area contributed by atoms with Gasteiger partial charge in [-0.2, -0.15) is 5.10 Å². The average molecular weight is 469 g/mol. The van der Waals surface area contributed by atoms with E-state index in [-0.39, 0.29) is 17.0 Å². The first-order valence-corrected chi connectivity index (χ1v) is 9.23. The predicted octanol–water partition coefficient (Wildman–Crippen LogP) is 3.74. The van der Waals surface area contributed by atoms with Gasteiger partial charge >= 0.3 is 5.97 Å². The SMILES string of the molecule is O=C(NN=Cc1cc(Br)ccc1OC(=O)c1ccc([N+](=O)[O-])cc1)c1cccnc1. The molecule has 0 unspecified atom stereocenters. The molecule has 1 heterocycles. The van der Waals surface area contributed by atoms with Crippen LogP contribution in [0.5, 0.6) is 5.75 Å². The molecule has 0 saturated heterocycles. The molecule has 10 heteroatoms. The highest BCUT2D eigenvalue weighted by molar-refractivity contribution is 9.10. The largest absolute Gasteiger partial charge is 0.422 e. The highest BCUT2D eigenvalue weighted by Crippen LogP contribution is 2.23. The van der Waals surface area contributed by atoms with Gasteiger partial charge in [-0.15, -0.1) is 0 Å². The molecule has 9 nitrogen and oxygen atoms in total. The molecule has 0 aliphatic heterocycles. The van der Waals surface area contributed by atoms with Crippen LogP contribution >= 0.6 is 15.9 Å². The average Bonchev–Trinajstić information content (AvgIpc) is 2.76. The number of amides is 1. The normalized spacial score (nSPS) is 10.6. The maximum Gasteiger partial charge on any atom is 0.343 e. The molecule has 30 heavy (non-hydrogen) atoms. The van der Waals surface area contributed by atoms with Gasteiger partial charge in [-0.25, -0.2) is 10.2 Å². The highest BCUT2D eigenvalue weighted by Gasteiger charge is 2.14. The van der Waals surface area contributed by atoms with Crippen molar-refractivity contribution in [3.05, 3.63) is 98.3 Å². The topological polar surface area (TPSA) is 124 Å². The second-order valence-corrected chi connectivity index (χ2v) is 6.73. The number of hydrogen-bond acceptors (Lipinski definition) is 7. The third kappa shape index (κ3) is 5.32. The molecule has 1 aromatic heterocycles. The number of aromatic nitrogens is 1. The molecule has 0 radical (unpaired) electrons. The molecule has 0 fully saturated rings. The Kier molecular flexibility index (Phi) is 6.60. The summed E-state index contributed by atoms with van der Waals surface area (Å²) >= 11 is 3.32. The Hall–Kier alpha value is -3.92. The van der Waals surface area contributed by atoms with Crippen LogP contribution in [0.2, 0.25) is 0 Å². The summed E-state index contributed by atoms with van der Waals surface area (Å²) in [5, 5.41) is 14.6. The number of nitro benzene ring substituents is 1. The number of carbonyl (C=O) groups is 2. The summed E-state index contributed by atoms with van der Waals surface area (Å²) in [7, 11) is 0. The zero-order valence-corrected chi connectivity index (χ0v) is 16.8. The molecule has 3 aromatic rings. The van der Waals surface area contributed by atoms with E-state index in [2.05, 4.69) is 31.4 Å². The van der Waals surface area contributed by atoms with Gasteiger partial charge in [-0.1, -0.05) is 15.9 Å². The zero-order valence-electron chi connectivity index (χ0n) is 15.2. The number of pyridine rings is 1. The van der Waals surface area contributed by atoms with Gasteiger partial charge in [0, 0.05) is 34.6 Å². The third-order valence-corrected chi connectivity index (χ3v) is 4.28. The molecule has 2 aromatic carbocycles. The van der Waals surface area contributed by atoms with Crippen LogP contribution in [0, 0.1) is 10.1 Å². The summed E-state index contributed by atoms with van der Waals surface area (Å²) in [6.45, 7) is 0. The summed E-state index contributed by atoms with van der Waals surface area (Å²) < 4.78 is 6.09. The second-order valence-electron chi connectivity index (χ2n) is 5.82. The van der Waals surface area contributed by atoms with Gasteiger partial charge in [-0.3, -0.25) is 19.9 Å². The van der Waals surface area contributed by atoms with Gasteiger partial charge in [0.2, 0.25) is 0 Å². The van der Waals surface area contributed by atoms with Crippen molar-refractivity contribution >= 4 is 39.7 Å². The van der Waals surface area contributed by atoms with Crippen LogP contribution < -0.4 is 10.2 Å². The molecule has 3 rings (SSSR count). The van der Waals surface area contributed by atoms with Crippen molar-refractivity contribution in [1.29, 1.82) is 0 Å². The third-order valence-electron chi connectivity index (χ3n) is 3.78. The molecule has 0 spiro atoms. The van der Waals surface area contributed by atoms with E-state index in [4.69, 9.17) is 4.74 Å². The smallest absolute Gasteiger partial charge is 0.343 e.